The first kappa shape index (κ1) is 13.6. The maximum absolute atomic E-state index is 13.4. The van der Waals surface area contributed by atoms with Crippen LogP contribution in [0.25, 0.3) is 0 Å². The normalized spacial score (nSPS) is 19.3. The molecule has 1 atom stereocenters. The van der Waals surface area contributed by atoms with Gasteiger partial charge in [0.2, 0.25) is 5.91 Å². The fourth-order valence-electron chi connectivity index (χ4n) is 2.21. The maximum Gasteiger partial charge on any atom is 0.244 e. The summed E-state index contributed by atoms with van der Waals surface area (Å²) >= 11 is 0. The largest absolute Gasteiger partial charge is 0.397 e. The monoisotopic (exact) mass is 267 g/mol. The number of likely N-dealkylation sites (N-methyl/N-ethyl adjacent to an activating group) is 1. The number of carbonyl (C=O) groups excluding carboxylic acids is 1. The van der Waals surface area contributed by atoms with Crippen molar-refractivity contribution >= 4 is 17.3 Å². The standard InChI is InChI=1S/C13H18FN3O2/c1-8-5-11(10(15)6-9(8)14)17-3-4-19-7-12(17)13(18)16-2/h5-6,12H,3-4,7,15H2,1-2H3,(H,16,18). The van der Waals surface area contributed by atoms with Gasteiger partial charge in [-0.1, -0.05) is 0 Å². The van der Waals surface area contributed by atoms with Crippen LogP contribution in [0.2, 0.25) is 0 Å². The van der Waals surface area contributed by atoms with E-state index in [1.54, 1.807) is 20.0 Å². The van der Waals surface area contributed by atoms with Crippen molar-refractivity contribution in [2.45, 2.75) is 13.0 Å². The number of nitrogen functional groups attached to an aromatic ring is 1. The van der Waals surface area contributed by atoms with E-state index in [0.717, 1.165) is 0 Å². The molecule has 19 heavy (non-hydrogen) atoms. The second-order valence-electron chi connectivity index (χ2n) is 4.56. The number of amides is 1. The Labute approximate surface area is 111 Å². The van der Waals surface area contributed by atoms with Crippen LogP contribution >= 0.6 is 0 Å². The Morgan fingerprint density at radius 1 is 1.58 bits per heavy atom. The third-order valence-electron chi connectivity index (χ3n) is 3.29. The fourth-order valence-corrected chi connectivity index (χ4v) is 2.21. The van der Waals surface area contributed by atoms with Gasteiger partial charge in [-0.3, -0.25) is 4.79 Å². The van der Waals surface area contributed by atoms with Crippen LogP contribution in [0.4, 0.5) is 15.8 Å². The molecule has 1 aromatic carbocycles. The Kier molecular flexibility index (Phi) is 3.90. The molecule has 0 aromatic heterocycles. The van der Waals surface area contributed by atoms with Gasteiger partial charge in [-0.2, -0.15) is 0 Å². The zero-order valence-electron chi connectivity index (χ0n) is 11.1. The Morgan fingerprint density at radius 3 is 3.00 bits per heavy atom. The number of rotatable bonds is 2. The van der Waals surface area contributed by atoms with E-state index in [9.17, 15) is 9.18 Å². The van der Waals surface area contributed by atoms with E-state index in [4.69, 9.17) is 10.5 Å². The number of nitrogens with zero attached hydrogens (tertiary/aromatic N) is 1. The number of halogens is 1. The highest BCUT2D eigenvalue weighted by atomic mass is 19.1. The van der Waals surface area contributed by atoms with E-state index in [0.29, 0.717) is 36.7 Å². The van der Waals surface area contributed by atoms with E-state index >= 15 is 0 Å². The second-order valence-corrected chi connectivity index (χ2v) is 4.56. The molecule has 2 rings (SSSR count). The molecule has 1 heterocycles. The summed E-state index contributed by atoms with van der Waals surface area (Å²) in [6.07, 6.45) is 0. The number of anilines is 2. The molecule has 0 aliphatic carbocycles. The van der Waals surface area contributed by atoms with Crippen LogP contribution in [0, 0.1) is 12.7 Å². The van der Waals surface area contributed by atoms with E-state index in [1.807, 2.05) is 4.90 Å². The highest BCUT2D eigenvalue weighted by Gasteiger charge is 2.30. The lowest BCUT2D eigenvalue weighted by Gasteiger charge is -2.36. The van der Waals surface area contributed by atoms with Gasteiger partial charge < -0.3 is 20.7 Å². The van der Waals surface area contributed by atoms with Crippen molar-refractivity contribution in [3.63, 3.8) is 0 Å². The first-order valence-electron chi connectivity index (χ1n) is 6.16. The van der Waals surface area contributed by atoms with Crippen LogP contribution < -0.4 is 16.0 Å². The predicted molar refractivity (Wildman–Crippen MR) is 71.6 cm³/mol. The number of benzene rings is 1. The molecule has 1 fully saturated rings. The Morgan fingerprint density at radius 2 is 2.32 bits per heavy atom. The summed E-state index contributed by atoms with van der Waals surface area (Å²) < 4.78 is 18.8. The van der Waals surface area contributed by atoms with Crippen LogP contribution in [-0.4, -0.2) is 38.8 Å². The molecule has 0 bridgehead atoms. The van der Waals surface area contributed by atoms with Crippen LogP contribution in [0.1, 0.15) is 5.56 Å². The van der Waals surface area contributed by atoms with Gasteiger partial charge in [0.05, 0.1) is 24.6 Å². The summed E-state index contributed by atoms with van der Waals surface area (Å²) in [7, 11) is 1.58. The summed E-state index contributed by atoms with van der Waals surface area (Å²) in [5.41, 5.74) is 7.39. The molecule has 0 spiro atoms. The van der Waals surface area contributed by atoms with Crippen LogP contribution in [-0.2, 0) is 9.53 Å². The SMILES string of the molecule is CNC(=O)C1COCCN1c1cc(C)c(F)cc1N. The minimum Gasteiger partial charge on any atom is -0.397 e. The van der Waals surface area contributed by atoms with E-state index in [-0.39, 0.29) is 11.7 Å². The van der Waals surface area contributed by atoms with E-state index in [1.165, 1.54) is 6.07 Å². The number of nitrogens with one attached hydrogen (secondary N) is 1. The zero-order chi connectivity index (χ0) is 14.0. The summed E-state index contributed by atoms with van der Waals surface area (Å²) in [6.45, 7) is 3.04. The molecule has 0 saturated carbocycles. The third-order valence-corrected chi connectivity index (χ3v) is 3.29. The number of ether oxygens (including phenoxy) is 1. The van der Waals surface area contributed by atoms with E-state index in [2.05, 4.69) is 5.32 Å². The summed E-state index contributed by atoms with van der Waals surface area (Å²) in [5.74, 6) is -0.480. The first-order chi connectivity index (χ1) is 9.04. The van der Waals surface area contributed by atoms with Crippen molar-refractivity contribution in [2.75, 3.05) is 37.4 Å². The number of carbonyl (C=O) groups is 1. The van der Waals surface area contributed by atoms with Gasteiger partial charge in [0, 0.05) is 13.6 Å². The van der Waals surface area contributed by atoms with Crippen LogP contribution in [0.15, 0.2) is 12.1 Å². The van der Waals surface area contributed by atoms with Gasteiger partial charge in [-0.15, -0.1) is 0 Å². The molecule has 1 aromatic rings. The van der Waals surface area contributed by atoms with Crippen molar-refractivity contribution in [1.82, 2.24) is 5.32 Å². The number of aryl methyl sites for hydroxylation is 1. The lowest BCUT2D eigenvalue weighted by Crippen LogP contribution is -2.53. The van der Waals surface area contributed by atoms with Crippen molar-refractivity contribution in [1.29, 1.82) is 0 Å². The molecule has 104 valence electrons. The average Bonchev–Trinajstić information content (AvgIpc) is 2.42. The van der Waals surface area contributed by atoms with Crippen LogP contribution in [0.5, 0.6) is 0 Å². The predicted octanol–water partition coefficient (Wildman–Crippen LogP) is 0.668. The molecule has 3 N–H and O–H groups in total. The lowest BCUT2D eigenvalue weighted by molar-refractivity contribution is -0.124. The topological polar surface area (TPSA) is 67.6 Å². The lowest BCUT2D eigenvalue weighted by atomic mass is 10.1. The molecular weight excluding hydrogens is 249 g/mol. The highest BCUT2D eigenvalue weighted by molar-refractivity contribution is 5.87. The van der Waals surface area contributed by atoms with Gasteiger partial charge in [0.25, 0.3) is 0 Å². The van der Waals surface area contributed by atoms with Crippen molar-refractivity contribution in [3.05, 3.63) is 23.5 Å². The van der Waals surface area contributed by atoms with Crippen LogP contribution in [0.3, 0.4) is 0 Å². The molecule has 1 amide bonds. The molecule has 0 radical (unpaired) electrons. The molecule has 1 saturated heterocycles. The van der Waals surface area contributed by atoms with Gasteiger partial charge in [-0.05, 0) is 24.6 Å². The van der Waals surface area contributed by atoms with Gasteiger partial charge in [0.1, 0.15) is 11.9 Å². The molecule has 1 aliphatic rings. The smallest absolute Gasteiger partial charge is 0.244 e. The molecule has 1 unspecified atom stereocenters. The van der Waals surface area contributed by atoms with Gasteiger partial charge >= 0.3 is 0 Å². The van der Waals surface area contributed by atoms with Crippen molar-refractivity contribution in [3.8, 4) is 0 Å². The molecule has 5 nitrogen and oxygen atoms in total. The zero-order valence-corrected chi connectivity index (χ0v) is 11.1. The number of morpholine rings is 1. The van der Waals surface area contributed by atoms with Crippen molar-refractivity contribution < 1.29 is 13.9 Å². The average molecular weight is 267 g/mol. The number of hydrogen-bond acceptors (Lipinski definition) is 4. The summed E-state index contributed by atoms with van der Waals surface area (Å²) in [5, 5.41) is 2.60. The van der Waals surface area contributed by atoms with Gasteiger partial charge in [0.15, 0.2) is 0 Å². The summed E-state index contributed by atoms with van der Waals surface area (Å²) in [4.78, 5) is 13.7. The molecule has 6 heteroatoms. The minimum absolute atomic E-state index is 0.138. The molecule has 1 aliphatic heterocycles. The first-order valence-corrected chi connectivity index (χ1v) is 6.16. The summed E-state index contributed by atoms with van der Waals surface area (Å²) in [6, 6.07) is 2.53. The van der Waals surface area contributed by atoms with Gasteiger partial charge in [-0.25, -0.2) is 4.39 Å². The minimum atomic E-state index is -0.439. The number of nitrogens with two attached hydrogens (primary N) is 1. The maximum atomic E-state index is 13.4. The van der Waals surface area contributed by atoms with E-state index < -0.39 is 6.04 Å². The Balaban J connectivity index is 2.37. The Bertz CT molecular complexity index is 493. The van der Waals surface area contributed by atoms with Crippen molar-refractivity contribution in [2.24, 2.45) is 0 Å². The second kappa shape index (κ2) is 5.44. The quantitative estimate of drug-likeness (QED) is 0.773. The fraction of sp³-hybridized carbons (Fsp3) is 0.462. The highest BCUT2D eigenvalue weighted by Crippen LogP contribution is 2.29. The molecular formula is C13H18FN3O2. The third kappa shape index (κ3) is 2.63. The number of hydrogen-bond donors (Lipinski definition) is 2. The Hall–Kier alpha value is -1.82.